The second kappa shape index (κ2) is 7.62. The summed E-state index contributed by atoms with van der Waals surface area (Å²) < 4.78 is 2.17. The topological polar surface area (TPSA) is 89.3 Å². The van der Waals surface area contributed by atoms with Crippen molar-refractivity contribution < 1.29 is 0 Å². The SMILES string of the molecule is Cc1ccccc1-n1c(C(S)c2nc([As])nc3nc[nH]c23)nc2cccc(C)c2c1=O. The molecule has 5 aromatic rings. The quantitative estimate of drug-likeness (QED) is 0.301. The summed E-state index contributed by atoms with van der Waals surface area (Å²) in [5.74, 6) is 0.488. The van der Waals surface area contributed by atoms with Gasteiger partial charge in [-0.3, -0.25) is 0 Å². The van der Waals surface area contributed by atoms with Gasteiger partial charge in [0.1, 0.15) is 0 Å². The number of H-pyrrole nitrogens is 1. The Morgan fingerprint density at radius 3 is 2.61 bits per heavy atom. The van der Waals surface area contributed by atoms with Gasteiger partial charge in [-0.25, -0.2) is 0 Å². The third-order valence-electron chi connectivity index (χ3n) is 5.29. The Kier molecular flexibility index (Phi) is 4.91. The zero-order valence-electron chi connectivity index (χ0n) is 16.7. The van der Waals surface area contributed by atoms with E-state index in [0.29, 0.717) is 38.2 Å². The molecule has 3 aromatic heterocycles. The van der Waals surface area contributed by atoms with E-state index in [1.807, 2.05) is 56.3 Å². The Labute approximate surface area is 191 Å². The summed E-state index contributed by atoms with van der Waals surface area (Å²) in [5, 5.41) is 0.00308. The first kappa shape index (κ1) is 20.0. The molecule has 0 aliphatic rings. The van der Waals surface area contributed by atoms with Crippen molar-refractivity contribution in [2.24, 2.45) is 0 Å². The first-order valence-corrected chi connectivity index (χ1v) is 11.1. The molecule has 0 fully saturated rings. The van der Waals surface area contributed by atoms with Crippen LogP contribution in [0.5, 0.6) is 0 Å². The number of nitrogens with zero attached hydrogens (tertiary/aromatic N) is 5. The Bertz CT molecular complexity index is 1530. The van der Waals surface area contributed by atoms with Crippen molar-refractivity contribution in [3.05, 3.63) is 81.8 Å². The van der Waals surface area contributed by atoms with E-state index in [1.165, 1.54) is 0 Å². The molecule has 1 N–H and O–H groups in total. The van der Waals surface area contributed by atoms with Crippen molar-refractivity contribution >= 4 is 56.2 Å². The van der Waals surface area contributed by atoms with Crippen LogP contribution in [0.1, 0.15) is 27.9 Å². The number of hydrogen-bond acceptors (Lipinski definition) is 6. The number of aryl methyl sites for hydroxylation is 2. The molecule has 5 rings (SSSR count). The van der Waals surface area contributed by atoms with Gasteiger partial charge in [-0.05, 0) is 0 Å². The molecule has 0 saturated carbocycles. The fourth-order valence-corrected chi connectivity index (χ4v) is 4.59. The van der Waals surface area contributed by atoms with Crippen LogP contribution in [0.25, 0.3) is 27.8 Å². The Balaban J connectivity index is 1.88. The van der Waals surface area contributed by atoms with Crippen LogP contribution >= 0.6 is 12.6 Å². The predicted molar refractivity (Wildman–Crippen MR) is 125 cm³/mol. The van der Waals surface area contributed by atoms with Gasteiger partial charge in [-0.1, -0.05) is 0 Å². The van der Waals surface area contributed by atoms with Crippen molar-refractivity contribution in [2.45, 2.75) is 19.1 Å². The standard InChI is InChI=1S/C22H17AsN6OS/c1-11-6-3-4-9-14(11)29-20(26-13-8-5-7-12(2)15(13)21(29)30)18(31)16-17-19(25-10-24-17)28-22(23)27-16/h3-10,18,31H,1-2H3,(H,24,25,27,28). The molecule has 9 heteroatoms. The van der Waals surface area contributed by atoms with Crippen LogP contribution in [0, 0.1) is 13.8 Å². The van der Waals surface area contributed by atoms with E-state index in [2.05, 4.69) is 36.8 Å². The van der Waals surface area contributed by atoms with E-state index in [-0.39, 0.29) is 5.56 Å². The number of fused-ring (bicyclic) bond motifs is 2. The minimum absolute atomic E-state index is 0.131. The summed E-state index contributed by atoms with van der Waals surface area (Å²) in [5.41, 5.74) is 4.93. The molecule has 152 valence electrons. The maximum atomic E-state index is 13.8. The summed E-state index contributed by atoms with van der Waals surface area (Å²) in [6.07, 6.45) is 1.57. The van der Waals surface area contributed by atoms with Crippen molar-refractivity contribution in [3.8, 4) is 5.69 Å². The van der Waals surface area contributed by atoms with E-state index in [9.17, 15) is 4.79 Å². The molecule has 7 nitrogen and oxygen atoms in total. The number of nitrogens with one attached hydrogen (secondary N) is 1. The van der Waals surface area contributed by atoms with Gasteiger partial charge in [0.15, 0.2) is 0 Å². The van der Waals surface area contributed by atoms with Crippen LogP contribution < -0.4 is 10.2 Å². The summed E-state index contributed by atoms with van der Waals surface area (Å²) >= 11 is 7.22. The van der Waals surface area contributed by atoms with Gasteiger partial charge in [-0.15, -0.1) is 0 Å². The van der Waals surface area contributed by atoms with E-state index in [0.717, 1.165) is 16.8 Å². The summed E-state index contributed by atoms with van der Waals surface area (Å²) in [4.78, 5) is 34.9. The van der Waals surface area contributed by atoms with Crippen molar-refractivity contribution in [1.82, 2.24) is 29.5 Å². The Morgan fingerprint density at radius 1 is 1.03 bits per heavy atom. The number of thiol groups is 1. The van der Waals surface area contributed by atoms with Crippen molar-refractivity contribution in [3.63, 3.8) is 0 Å². The van der Waals surface area contributed by atoms with E-state index in [1.54, 1.807) is 10.9 Å². The molecule has 1 atom stereocenters. The zero-order valence-corrected chi connectivity index (χ0v) is 19.5. The molecule has 0 aliphatic heterocycles. The number of aromatic amines is 1. The first-order valence-electron chi connectivity index (χ1n) is 9.62. The van der Waals surface area contributed by atoms with Crippen molar-refractivity contribution in [2.75, 3.05) is 0 Å². The molecule has 2 aromatic carbocycles. The molecule has 0 spiro atoms. The number of imidazole rings is 1. The average molecular weight is 488 g/mol. The number of para-hydroxylation sites is 1. The summed E-state index contributed by atoms with van der Waals surface area (Å²) in [6.45, 7) is 3.89. The van der Waals surface area contributed by atoms with Gasteiger partial charge in [0.05, 0.1) is 0 Å². The fourth-order valence-electron chi connectivity index (χ4n) is 3.81. The number of rotatable bonds is 3. The van der Waals surface area contributed by atoms with Gasteiger partial charge in [0, 0.05) is 0 Å². The normalized spacial score (nSPS) is 12.5. The van der Waals surface area contributed by atoms with E-state index in [4.69, 9.17) is 17.6 Å². The molecule has 0 aliphatic carbocycles. The van der Waals surface area contributed by atoms with Crippen LogP contribution in [0.15, 0.2) is 53.6 Å². The second-order valence-corrected chi connectivity index (χ2v) is 8.63. The summed E-state index contributed by atoms with van der Waals surface area (Å²) in [7, 11) is 0. The summed E-state index contributed by atoms with van der Waals surface area (Å²) in [6, 6.07) is 13.4. The van der Waals surface area contributed by atoms with E-state index < -0.39 is 5.25 Å². The second-order valence-electron chi connectivity index (χ2n) is 7.28. The van der Waals surface area contributed by atoms with Gasteiger partial charge < -0.3 is 0 Å². The van der Waals surface area contributed by atoms with E-state index >= 15 is 0 Å². The molecule has 0 amide bonds. The average Bonchev–Trinajstić information content (AvgIpc) is 3.21. The monoisotopic (exact) mass is 488 g/mol. The minimum atomic E-state index is -0.592. The molecule has 0 bridgehead atoms. The predicted octanol–water partition coefficient (Wildman–Crippen LogP) is 2.48. The number of aromatic nitrogens is 6. The van der Waals surface area contributed by atoms with Crippen molar-refractivity contribution in [1.29, 1.82) is 0 Å². The van der Waals surface area contributed by atoms with Gasteiger partial charge in [0.2, 0.25) is 0 Å². The molecule has 0 saturated heterocycles. The fraction of sp³-hybridized carbons (Fsp3) is 0.136. The Hall–Kier alpha value is -2.96. The van der Waals surface area contributed by atoms with Crippen LogP contribution in [-0.2, 0) is 0 Å². The van der Waals surface area contributed by atoms with Crippen LogP contribution in [0.4, 0.5) is 0 Å². The third-order valence-corrected chi connectivity index (χ3v) is 6.19. The Morgan fingerprint density at radius 2 is 1.81 bits per heavy atom. The maximum absolute atomic E-state index is 13.8. The molecule has 3 heterocycles. The third kappa shape index (κ3) is 3.27. The molecular formula is C22H17AsN6OS. The molecule has 2 radical (unpaired) electrons. The van der Waals surface area contributed by atoms with Gasteiger partial charge in [0.25, 0.3) is 0 Å². The first-order chi connectivity index (χ1) is 15.0. The van der Waals surface area contributed by atoms with Gasteiger partial charge in [-0.2, -0.15) is 0 Å². The molecule has 31 heavy (non-hydrogen) atoms. The zero-order chi connectivity index (χ0) is 21.7. The molecule has 1 unspecified atom stereocenters. The van der Waals surface area contributed by atoms with Crippen LogP contribution in [0.3, 0.4) is 0 Å². The number of hydrogen-bond donors (Lipinski definition) is 2. The van der Waals surface area contributed by atoms with Crippen LogP contribution in [-0.4, -0.2) is 46.3 Å². The number of benzene rings is 2. The van der Waals surface area contributed by atoms with Crippen LogP contribution in [0.2, 0.25) is 0 Å². The van der Waals surface area contributed by atoms with Gasteiger partial charge >= 0.3 is 192 Å². The molecular weight excluding hydrogens is 471 g/mol.